The number of aromatic nitrogens is 1. The number of ether oxygens (including phenoxy) is 1. The predicted molar refractivity (Wildman–Crippen MR) is 76.3 cm³/mol. The summed E-state index contributed by atoms with van der Waals surface area (Å²) in [6, 6.07) is 3.70. The van der Waals surface area contributed by atoms with Gasteiger partial charge in [0.1, 0.15) is 0 Å². The number of carbonyl (C=O) groups excluding carboxylic acids is 1. The van der Waals surface area contributed by atoms with Gasteiger partial charge in [0.2, 0.25) is 0 Å². The molecule has 18 heavy (non-hydrogen) atoms. The molecule has 0 amide bonds. The Morgan fingerprint density at radius 1 is 1.50 bits per heavy atom. The molecule has 0 aliphatic rings. The standard InChI is InChI=1S/C13H13BrClNO2/c1-4-18-13(17)12-7(2)16(3)11-6-10(15)9(14)5-8(11)12/h5-6H,4H2,1-3H3. The minimum absolute atomic E-state index is 0.296. The summed E-state index contributed by atoms with van der Waals surface area (Å²) in [6.07, 6.45) is 0. The first-order valence-corrected chi connectivity index (χ1v) is 6.75. The van der Waals surface area contributed by atoms with E-state index in [1.165, 1.54) is 0 Å². The van der Waals surface area contributed by atoms with E-state index in [0.29, 0.717) is 17.2 Å². The van der Waals surface area contributed by atoms with Crippen molar-refractivity contribution in [3.63, 3.8) is 0 Å². The van der Waals surface area contributed by atoms with Crippen molar-refractivity contribution in [2.75, 3.05) is 6.61 Å². The highest BCUT2D eigenvalue weighted by Crippen LogP contribution is 2.33. The zero-order chi connectivity index (χ0) is 13.4. The van der Waals surface area contributed by atoms with Gasteiger partial charge in [-0.15, -0.1) is 0 Å². The van der Waals surface area contributed by atoms with Crippen molar-refractivity contribution in [1.82, 2.24) is 4.57 Å². The van der Waals surface area contributed by atoms with Crippen molar-refractivity contribution in [3.8, 4) is 0 Å². The Labute approximate surface area is 119 Å². The number of aryl methyl sites for hydroxylation is 1. The molecule has 5 heteroatoms. The van der Waals surface area contributed by atoms with Gasteiger partial charge in [-0.3, -0.25) is 0 Å². The molecule has 0 aliphatic heterocycles. The molecule has 1 aromatic carbocycles. The summed E-state index contributed by atoms with van der Waals surface area (Å²) in [5, 5.41) is 1.48. The molecule has 0 saturated heterocycles. The van der Waals surface area contributed by atoms with E-state index >= 15 is 0 Å². The van der Waals surface area contributed by atoms with Crippen LogP contribution in [0.25, 0.3) is 10.9 Å². The lowest BCUT2D eigenvalue weighted by molar-refractivity contribution is 0.0527. The van der Waals surface area contributed by atoms with Crippen molar-refractivity contribution < 1.29 is 9.53 Å². The molecule has 1 aromatic heterocycles. The molecule has 0 aliphatic carbocycles. The molecule has 2 aromatic rings. The van der Waals surface area contributed by atoms with E-state index < -0.39 is 0 Å². The van der Waals surface area contributed by atoms with E-state index in [-0.39, 0.29) is 5.97 Å². The number of halogens is 2. The summed E-state index contributed by atoms with van der Waals surface area (Å²) in [4.78, 5) is 12.0. The van der Waals surface area contributed by atoms with Crippen LogP contribution in [0.2, 0.25) is 5.02 Å². The van der Waals surface area contributed by atoms with Gasteiger partial charge in [-0.05, 0) is 41.9 Å². The fourth-order valence-corrected chi connectivity index (χ4v) is 2.52. The van der Waals surface area contributed by atoms with Crippen molar-refractivity contribution >= 4 is 44.4 Å². The van der Waals surface area contributed by atoms with Crippen molar-refractivity contribution in [3.05, 3.63) is 32.9 Å². The number of rotatable bonds is 2. The highest BCUT2D eigenvalue weighted by Gasteiger charge is 2.20. The Morgan fingerprint density at radius 2 is 2.17 bits per heavy atom. The maximum absolute atomic E-state index is 12.0. The number of hydrogen-bond donors (Lipinski definition) is 0. The van der Waals surface area contributed by atoms with Crippen LogP contribution in [0.5, 0.6) is 0 Å². The van der Waals surface area contributed by atoms with Gasteiger partial charge in [0.25, 0.3) is 0 Å². The van der Waals surface area contributed by atoms with Crippen molar-refractivity contribution in [2.24, 2.45) is 7.05 Å². The SMILES string of the molecule is CCOC(=O)c1c(C)n(C)c2cc(Cl)c(Br)cc12. The van der Waals surface area contributed by atoms with Gasteiger partial charge < -0.3 is 9.30 Å². The second-order valence-electron chi connectivity index (χ2n) is 4.02. The molecule has 96 valence electrons. The van der Waals surface area contributed by atoms with Gasteiger partial charge in [-0.1, -0.05) is 11.6 Å². The summed E-state index contributed by atoms with van der Waals surface area (Å²) in [5.41, 5.74) is 2.40. The minimum atomic E-state index is -0.296. The van der Waals surface area contributed by atoms with Crippen molar-refractivity contribution in [2.45, 2.75) is 13.8 Å². The van der Waals surface area contributed by atoms with Crippen LogP contribution in [0.1, 0.15) is 23.0 Å². The highest BCUT2D eigenvalue weighted by molar-refractivity contribution is 9.10. The van der Waals surface area contributed by atoms with Crippen LogP contribution in [0.3, 0.4) is 0 Å². The second-order valence-corrected chi connectivity index (χ2v) is 5.28. The summed E-state index contributed by atoms with van der Waals surface area (Å²) in [6.45, 7) is 4.06. The summed E-state index contributed by atoms with van der Waals surface area (Å²) < 4.78 is 7.82. The van der Waals surface area contributed by atoms with Crippen LogP contribution in [-0.2, 0) is 11.8 Å². The van der Waals surface area contributed by atoms with Crippen LogP contribution in [-0.4, -0.2) is 17.1 Å². The third-order valence-electron chi connectivity index (χ3n) is 3.01. The molecule has 3 nitrogen and oxygen atoms in total. The van der Waals surface area contributed by atoms with E-state index in [0.717, 1.165) is 21.1 Å². The van der Waals surface area contributed by atoms with Crippen LogP contribution >= 0.6 is 27.5 Å². The fraction of sp³-hybridized carbons (Fsp3) is 0.308. The molecule has 0 fully saturated rings. The monoisotopic (exact) mass is 329 g/mol. The lowest BCUT2D eigenvalue weighted by Crippen LogP contribution is -2.06. The van der Waals surface area contributed by atoms with Gasteiger partial charge in [0.05, 0.1) is 22.7 Å². The molecule has 0 spiro atoms. The van der Waals surface area contributed by atoms with Gasteiger partial charge in [-0.2, -0.15) is 0 Å². The molecule has 0 saturated carbocycles. The molecular formula is C13H13BrClNO2. The Bertz CT molecular complexity index is 634. The zero-order valence-electron chi connectivity index (χ0n) is 10.4. The molecule has 0 N–H and O–H groups in total. The number of benzene rings is 1. The number of esters is 1. The lowest BCUT2D eigenvalue weighted by Gasteiger charge is -2.02. The molecule has 0 radical (unpaired) electrons. The Balaban J connectivity index is 2.77. The fourth-order valence-electron chi connectivity index (χ4n) is 2.02. The third kappa shape index (κ3) is 2.04. The normalized spacial score (nSPS) is 10.9. The van der Waals surface area contributed by atoms with Crippen LogP contribution in [0.4, 0.5) is 0 Å². The van der Waals surface area contributed by atoms with E-state index in [1.807, 2.05) is 30.7 Å². The average Bonchev–Trinajstić information content (AvgIpc) is 2.54. The van der Waals surface area contributed by atoms with Crippen molar-refractivity contribution in [1.29, 1.82) is 0 Å². The Morgan fingerprint density at radius 3 is 2.78 bits per heavy atom. The zero-order valence-corrected chi connectivity index (χ0v) is 12.7. The Kier molecular flexibility index (Phi) is 3.69. The first-order chi connectivity index (χ1) is 8.47. The second kappa shape index (κ2) is 4.94. The molecule has 1 heterocycles. The van der Waals surface area contributed by atoms with E-state index in [9.17, 15) is 4.79 Å². The molecule has 0 atom stereocenters. The largest absolute Gasteiger partial charge is 0.462 e. The highest BCUT2D eigenvalue weighted by atomic mass is 79.9. The molecule has 0 unspecified atom stereocenters. The lowest BCUT2D eigenvalue weighted by atomic mass is 10.1. The minimum Gasteiger partial charge on any atom is -0.462 e. The van der Waals surface area contributed by atoms with Gasteiger partial charge in [0.15, 0.2) is 0 Å². The number of hydrogen-bond acceptors (Lipinski definition) is 2. The average molecular weight is 331 g/mol. The van der Waals surface area contributed by atoms with E-state index in [4.69, 9.17) is 16.3 Å². The molecule has 0 bridgehead atoms. The molecule has 2 rings (SSSR count). The topological polar surface area (TPSA) is 31.2 Å². The third-order valence-corrected chi connectivity index (χ3v) is 4.21. The van der Waals surface area contributed by atoms with Crippen LogP contribution in [0.15, 0.2) is 16.6 Å². The van der Waals surface area contributed by atoms with Gasteiger partial charge in [0, 0.05) is 22.6 Å². The van der Waals surface area contributed by atoms with Crippen LogP contribution < -0.4 is 0 Å². The van der Waals surface area contributed by atoms with E-state index in [2.05, 4.69) is 15.9 Å². The summed E-state index contributed by atoms with van der Waals surface area (Å²) in [5.74, 6) is -0.296. The maximum atomic E-state index is 12.0. The van der Waals surface area contributed by atoms with Gasteiger partial charge >= 0.3 is 5.97 Å². The number of fused-ring (bicyclic) bond motifs is 1. The summed E-state index contributed by atoms with van der Waals surface area (Å²) in [7, 11) is 1.91. The quantitative estimate of drug-likeness (QED) is 0.777. The van der Waals surface area contributed by atoms with Gasteiger partial charge in [-0.25, -0.2) is 4.79 Å². The maximum Gasteiger partial charge on any atom is 0.340 e. The molecular weight excluding hydrogens is 318 g/mol. The van der Waals surface area contributed by atoms with E-state index in [1.54, 1.807) is 6.92 Å². The predicted octanol–water partition coefficient (Wildman–Crippen LogP) is 4.08. The smallest absolute Gasteiger partial charge is 0.340 e. The summed E-state index contributed by atoms with van der Waals surface area (Å²) >= 11 is 9.46. The first-order valence-electron chi connectivity index (χ1n) is 5.58. The number of nitrogens with zero attached hydrogens (tertiary/aromatic N) is 1. The first kappa shape index (κ1) is 13.4. The Hall–Kier alpha value is -1.000. The number of carbonyl (C=O) groups is 1. The van der Waals surface area contributed by atoms with Crippen LogP contribution in [0, 0.1) is 6.92 Å².